The first-order valence-electron chi connectivity index (χ1n) is 5.19. The van der Waals surface area contributed by atoms with Gasteiger partial charge >= 0.3 is 0 Å². The Bertz CT molecular complexity index is 472. The minimum atomic E-state index is -0.180. The highest BCUT2D eigenvalue weighted by molar-refractivity contribution is 5.82. The fourth-order valence-electron chi connectivity index (χ4n) is 1.56. The monoisotopic (exact) mass is 208 g/mol. The zero-order valence-corrected chi connectivity index (χ0v) is 9.93. The van der Waals surface area contributed by atoms with Gasteiger partial charge in [0.05, 0.1) is 10.9 Å². The first-order chi connectivity index (χ1) is 7.09. The molecule has 0 N–H and O–H groups in total. The van der Waals surface area contributed by atoms with E-state index in [0.717, 1.165) is 16.8 Å². The Balaban J connectivity index is 0.000000531. The maximum Gasteiger partial charge on any atom is 0.134 e. The van der Waals surface area contributed by atoms with Crippen molar-refractivity contribution in [1.29, 1.82) is 0 Å². The van der Waals surface area contributed by atoms with Gasteiger partial charge in [0.1, 0.15) is 5.82 Å². The molecule has 1 aromatic heterocycles. The second kappa shape index (κ2) is 4.43. The predicted octanol–water partition coefficient (Wildman–Crippen LogP) is 3.36. The maximum atomic E-state index is 13.5. The lowest BCUT2D eigenvalue weighted by molar-refractivity contribution is 0.637. The largest absolute Gasteiger partial charge is 0.272 e. The van der Waals surface area contributed by atoms with Crippen molar-refractivity contribution in [2.75, 3.05) is 0 Å². The summed E-state index contributed by atoms with van der Waals surface area (Å²) in [5, 5.41) is 4.84. The maximum absolute atomic E-state index is 13.5. The first-order valence-corrected chi connectivity index (χ1v) is 5.19. The number of nitrogens with zero attached hydrogens (tertiary/aromatic N) is 2. The minimum absolute atomic E-state index is 0.180. The smallest absolute Gasteiger partial charge is 0.134 e. The zero-order valence-electron chi connectivity index (χ0n) is 9.93. The number of halogens is 1. The Morgan fingerprint density at radius 2 is 1.80 bits per heavy atom. The third kappa shape index (κ3) is 2.01. The molecule has 0 aliphatic rings. The topological polar surface area (TPSA) is 17.8 Å². The highest BCUT2D eigenvalue weighted by Gasteiger charge is 2.09. The molecule has 0 spiro atoms. The summed E-state index contributed by atoms with van der Waals surface area (Å²) in [6.07, 6.45) is 0. The van der Waals surface area contributed by atoms with Crippen LogP contribution in [0, 0.1) is 19.7 Å². The molecule has 0 unspecified atom stereocenters. The van der Waals surface area contributed by atoms with Crippen molar-refractivity contribution in [3.05, 3.63) is 29.2 Å². The average Bonchev–Trinajstić information content (AvgIpc) is 2.45. The molecule has 15 heavy (non-hydrogen) atoms. The molecule has 0 aliphatic carbocycles. The van der Waals surface area contributed by atoms with Crippen LogP contribution in [0.4, 0.5) is 4.39 Å². The van der Waals surface area contributed by atoms with Crippen LogP contribution in [0.15, 0.2) is 12.1 Å². The first kappa shape index (κ1) is 11.7. The van der Waals surface area contributed by atoms with Crippen LogP contribution in [-0.4, -0.2) is 9.78 Å². The second-order valence-corrected chi connectivity index (χ2v) is 3.35. The van der Waals surface area contributed by atoms with Crippen LogP contribution >= 0.6 is 0 Å². The van der Waals surface area contributed by atoms with E-state index < -0.39 is 0 Å². The summed E-state index contributed by atoms with van der Waals surface area (Å²) >= 11 is 0. The van der Waals surface area contributed by atoms with Crippen molar-refractivity contribution in [2.45, 2.75) is 27.7 Å². The van der Waals surface area contributed by atoms with Gasteiger partial charge in [0, 0.05) is 12.7 Å². The van der Waals surface area contributed by atoms with Gasteiger partial charge in [0.15, 0.2) is 0 Å². The lowest BCUT2D eigenvalue weighted by atomic mass is 10.1. The van der Waals surface area contributed by atoms with Gasteiger partial charge in [-0.1, -0.05) is 13.8 Å². The van der Waals surface area contributed by atoms with Gasteiger partial charge in [0.2, 0.25) is 0 Å². The van der Waals surface area contributed by atoms with Gasteiger partial charge in [-0.05, 0) is 31.5 Å². The molecule has 0 saturated carbocycles. The SMILES string of the molecule is CC.Cc1cc(F)c2c(C)n(C)nc2c1. The third-order valence-electron chi connectivity index (χ3n) is 2.32. The zero-order chi connectivity index (χ0) is 11.6. The molecule has 0 bridgehead atoms. The molecule has 0 radical (unpaired) electrons. The molecular formula is C12H17FN2. The van der Waals surface area contributed by atoms with E-state index in [0.29, 0.717) is 5.39 Å². The van der Waals surface area contributed by atoms with Gasteiger partial charge < -0.3 is 0 Å². The predicted molar refractivity (Wildman–Crippen MR) is 61.5 cm³/mol. The summed E-state index contributed by atoms with van der Waals surface area (Å²) in [7, 11) is 1.82. The normalized spacial score (nSPS) is 10.0. The fraction of sp³-hybridized carbons (Fsp3) is 0.417. The summed E-state index contributed by atoms with van der Waals surface area (Å²) in [6, 6.07) is 3.43. The Morgan fingerprint density at radius 1 is 1.20 bits per heavy atom. The van der Waals surface area contributed by atoms with Crippen molar-refractivity contribution >= 4 is 10.9 Å². The standard InChI is InChI=1S/C10H11FN2.C2H6/c1-6-4-8(11)10-7(2)13(3)12-9(10)5-6;1-2/h4-5H,1-3H3;1-2H3. The summed E-state index contributed by atoms with van der Waals surface area (Å²) < 4.78 is 15.2. The molecule has 0 atom stereocenters. The number of fused-ring (bicyclic) bond motifs is 1. The molecule has 2 aromatic rings. The fourth-order valence-corrected chi connectivity index (χ4v) is 1.56. The number of rotatable bonds is 0. The second-order valence-electron chi connectivity index (χ2n) is 3.35. The molecule has 1 aromatic carbocycles. The number of aryl methyl sites for hydroxylation is 3. The van der Waals surface area contributed by atoms with Crippen molar-refractivity contribution < 1.29 is 4.39 Å². The van der Waals surface area contributed by atoms with Crippen molar-refractivity contribution in [2.24, 2.45) is 7.05 Å². The molecule has 2 rings (SSSR count). The van der Waals surface area contributed by atoms with Crippen molar-refractivity contribution in [3.63, 3.8) is 0 Å². The Hall–Kier alpha value is -1.38. The molecule has 82 valence electrons. The average molecular weight is 208 g/mol. The lowest BCUT2D eigenvalue weighted by Gasteiger charge is -1.95. The Morgan fingerprint density at radius 3 is 2.40 bits per heavy atom. The van der Waals surface area contributed by atoms with E-state index in [1.54, 1.807) is 4.68 Å². The number of hydrogen-bond donors (Lipinski definition) is 0. The molecule has 1 heterocycles. The van der Waals surface area contributed by atoms with Gasteiger partial charge in [-0.3, -0.25) is 4.68 Å². The van der Waals surface area contributed by atoms with Crippen molar-refractivity contribution in [3.8, 4) is 0 Å². The van der Waals surface area contributed by atoms with Crippen LogP contribution < -0.4 is 0 Å². The molecule has 0 fully saturated rings. The van der Waals surface area contributed by atoms with E-state index in [1.807, 2.05) is 40.8 Å². The van der Waals surface area contributed by atoms with E-state index in [-0.39, 0.29) is 5.82 Å². The number of benzene rings is 1. The lowest BCUT2D eigenvalue weighted by Crippen LogP contribution is -1.91. The van der Waals surface area contributed by atoms with Gasteiger partial charge in [-0.2, -0.15) is 5.10 Å². The molecular weight excluding hydrogens is 191 g/mol. The summed E-state index contributed by atoms with van der Waals surface area (Å²) in [5.41, 5.74) is 2.51. The van der Waals surface area contributed by atoms with E-state index in [2.05, 4.69) is 5.10 Å². The highest BCUT2D eigenvalue weighted by atomic mass is 19.1. The van der Waals surface area contributed by atoms with Crippen LogP contribution in [0.2, 0.25) is 0 Å². The van der Waals surface area contributed by atoms with E-state index in [4.69, 9.17) is 0 Å². The van der Waals surface area contributed by atoms with Gasteiger partial charge in [0.25, 0.3) is 0 Å². The van der Waals surface area contributed by atoms with Crippen LogP contribution in [0.25, 0.3) is 10.9 Å². The van der Waals surface area contributed by atoms with Crippen molar-refractivity contribution in [1.82, 2.24) is 9.78 Å². The molecule has 3 heteroatoms. The minimum Gasteiger partial charge on any atom is -0.272 e. The Labute approximate surface area is 89.7 Å². The van der Waals surface area contributed by atoms with Crippen LogP contribution in [0.5, 0.6) is 0 Å². The summed E-state index contributed by atoms with van der Waals surface area (Å²) in [5.74, 6) is -0.180. The molecule has 0 amide bonds. The number of aromatic nitrogens is 2. The van der Waals surface area contributed by atoms with E-state index in [9.17, 15) is 4.39 Å². The third-order valence-corrected chi connectivity index (χ3v) is 2.32. The van der Waals surface area contributed by atoms with E-state index in [1.165, 1.54) is 6.07 Å². The summed E-state index contributed by atoms with van der Waals surface area (Å²) in [4.78, 5) is 0. The van der Waals surface area contributed by atoms with Gasteiger partial charge in [-0.15, -0.1) is 0 Å². The number of hydrogen-bond acceptors (Lipinski definition) is 1. The van der Waals surface area contributed by atoms with Crippen LogP contribution in [0.3, 0.4) is 0 Å². The molecule has 0 aliphatic heterocycles. The van der Waals surface area contributed by atoms with E-state index >= 15 is 0 Å². The quantitative estimate of drug-likeness (QED) is 0.649. The summed E-state index contributed by atoms with van der Waals surface area (Å²) in [6.45, 7) is 7.74. The van der Waals surface area contributed by atoms with Crippen LogP contribution in [-0.2, 0) is 7.05 Å². The van der Waals surface area contributed by atoms with Crippen LogP contribution in [0.1, 0.15) is 25.1 Å². The highest BCUT2D eigenvalue weighted by Crippen LogP contribution is 2.21. The van der Waals surface area contributed by atoms with Gasteiger partial charge in [-0.25, -0.2) is 4.39 Å². The molecule has 0 saturated heterocycles. The Kier molecular flexibility index (Phi) is 3.45. The molecule has 2 nitrogen and oxygen atoms in total.